The zero-order chi connectivity index (χ0) is 35.6. The van der Waals surface area contributed by atoms with Crippen molar-refractivity contribution in [3.05, 3.63) is 184 Å². The predicted octanol–water partition coefficient (Wildman–Crippen LogP) is 11.1. The highest BCUT2D eigenvalue weighted by Crippen LogP contribution is 2.35. The van der Waals surface area contributed by atoms with Crippen LogP contribution in [0.2, 0.25) is 0 Å². The summed E-state index contributed by atoms with van der Waals surface area (Å²) >= 11 is 1.77. The Morgan fingerprint density at radius 1 is 0.940 bits per heavy atom. The van der Waals surface area contributed by atoms with E-state index in [2.05, 4.69) is 113 Å². The Balaban J connectivity index is 1.87. The molecule has 0 bridgehead atoms. The third kappa shape index (κ3) is 11.2. The predicted molar refractivity (Wildman–Crippen MR) is 220 cm³/mol. The Labute approximate surface area is 303 Å². The van der Waals surface area contributed by atoms with Gasteiger partial charge in [0.25, 0.3) is 0 Å². The Morgan fingerprint density at radius 2 is 1.68 bits per heavy atom. The molecule has 0 amide bonds. The molecule has 0 spiro atoms. The quantitative estimate of drug-likeness (QED) is 0.0539. The summed E-state index contributed by atoms with van der Waals surface area (Å²) in [5.74, 6) is 7.19. The molecule has 50 heavy (non-hydrogen) atoms. The highest BCUT2D eigenvalue weighted by atomic mass is 32.2. The largest absolute Gasteiger partial charge is 0.334 e. The molecule has 1 aliphatic rings. The minimum atomic E-state index is 0.462. The molecule has 0 unspecified atom stereocenters. The molecule has 0 radical (unpaired) electrons. The number of benzene rings is 3. The van der Waals surface area contributed by atoms with Crippen molar-refractivity contribution >= 4 is 35.7 Å². The van der Waals surface area contributed by atoms with Crippen LogP contribution in [-0.2, 0) is 5.75 Å². The van der Waals surface area contributed by atoms with E-state index in [4.69, 9.17) is 10.8 Å². The second kappa shape index (κ2) is 20.3. The van der Waals surface area contributed by atoms with Gasteiger partial charge in [-0.25, -0.2) is 4.99 Å². The molecule has 6 heteroatoms. The first-order valence-electron chi connectivity index (χ1n) is 17.1. The molecular weight excluding hydrogens is 631 g/mol. The van der Waals surface area contributed by atoms with Gasteiger partial charge in [0.2, 0.25) is 0 Å². The van der Waals surface area contributed by atoms with Crippen LogP contribution in [0.25, 0.3) is 0 Å². The van der Waals surface area contributed by atoms with Gasteiger partial charge in [0.1, 0.15) is 5.03 Å². The summed E-state index contributed by atoms with van der Waals surface area (Å²) in [5, 5.41) is 5.14. The van der Waals surface area contributed by atoms with Gasteiger partial charge in [-0.05, 0) is 76.9 Å². The van der Waals surface area contributed by atoms with Gasteiger partial charge >= 0.3 is 0 Å². The van der Waals surface area contributed by atoms with Crippen LogP contribution in [0.3, 0.4) is 0 Å². The second-order valence-electron chi connectivity index (χ2n) is 11.9. The number of nitrogens with two attached hydrogens (primary N) is 1. The first kappa shape index (κ1) is 37.6. The highest BCUT2D eigenvalue weighted by Gasteiger charge is 2.20. The van der Waals surface area contributed by atoms with E-state index in [-0.39, 0.29) is 0 Å². The lowest BCUT2D eigenvalue weighted by Crippen LogP contribution is -2.24. The zero-order valence-corrected chi connectivity index (χ0v) is 30.4. The first-order chi connectivity index (χ1) is 24.5. The molecule has 5 nitrogen and oxygen atoms in total. The Kier molecular flexibility index (Phi) is 15.3. The fourth-order valence-electron chi connectivity index (χ4n) is 5.57. The molecule has 0 fully saturated rings. The molecule has 0 heterocycles. The van der Waals surface area contributed by atoms with Crippen LogP contribution in [0.5, 0.6) is 0 Å². The van der Waals surface area contributed by atoms with Crippen LogP contribution in [0.4, 0.5) is 5.69 Å². The van der Waals surface area contributed by atoms with E-state index in [1.165, 1.54) is 11.1 Å². The Morgan fingerprint density at radius 3 is 2.32 bits per heavy atom. The van der Waals surface area contributed by atoms with Crippen LogP contribution in [0.1, 0.15) is 63.1 Å². The number of thioether (sulfide) groups is 1. The second-order valence-corrected chi connectivity index (χ2v) is 12.9. The third-order valence-electron chi connectivity index (χ3n) is 8.09. The minimum Gasteiger partial charge on any atom is -0.334 e. The van der Waals surface area contributed by atoms with Crippen LogP contribution in [0, 0.1) is 0 Å². The number of allylic oxidation sites excluding steroid dienone is 9. The maximum atomic E-state index is 5.95. The lowest BCUT2D eigenvalue weighted by Gasteiger charge is -2.29. The summed E-state index contributed by atoms with van der Waals surface area (Å²) < 4.78 is 0. The number of amidine groups is 1. The van der Waals surface area contributed by atoms with Gasteiger partial charge in [0, 0.05) is 34.7 Å². The van der Waals surface area contributed by atoms with Gasteiger partial charge in [-0.1, -0.05) is 133 Å². The van der Waals surface area contributed by atoms with Crippen molar-refractivity contribution in [3.8, 4) is 0 Å². The van der Waals surface area contributed by atoms with Crippen molar-refractivity contribution in [2.75, 3.05) is 11.4 Å². The molecule has 0 aromatic heterocycles. The van der Waals surface area contributed by atoms with E-state index in [1.807, 2.05) is 69.4 Å². The van der Waals surface area contributed by atoms with Crippen molar-refractivity contribution in [2.24, 2.45) is 20.9 Å². The summed E-state index contributed by atoms with van der Waals surface area (Å²) in [5.41, 5.74) is 9.07. The van der Waals surface area contributed by atoms with Gasteiger partial charge in [-0.15, -0.1) is 11.8 Å². The molecule has 2 N–H and O–H groups in total. The number of rotatable bonds is 16. The molecule has 0 aliphatic heterocycles. The van der Waals surface area contributed by atoms with E-state index < -0.39 is 0 Å². The normalized spacial score (nSPS) is 14.5. The summed E-state index contributed by atoms with van der Waals surface area (Å²) in [4.78, 5) is 12.1. The Hall–Kier alpha value is -5.20. The van der Waals surface area contributed by atoms with Crippen LogP contribution < -0.4 is 10.7 Å². The average Bonchev–Trinajstić information content (AvgIpc) is 3.16. The van der Waals surface area contributed by atoms with Crippen molar-refractivity contribution < 1.29 is 0 Å². The van der Waals surface area contributed by atoms with Gasteiger partial charge in [0.15, 0.2) is 5.84 Å². The number of hydrogen-bond donors (Lipinski definition) is 1. The number of hydrazone groups is 1. The minimum absolute atomic E-state index is 0.462. The SMILES string of the molecule is C=NC(/C=C\C(=C)C)=C(\SCc1ccccc1)N(CCCC1=CC=CCC1)c1cccc(C(=NC(=N\N)/C(/C=C\C)=C/C)c2ccccc2)c1. The van der Waals surface area contributed by atoms with Crippen molar-refractivity contribution in [1.82, 2.24) is 0 Å². The van der Waals surface area contributed by atoms with Crippen LogP contribution in [-0.4, -0.2) is 24.8 Å². The van der Waals surface area contributed by atoms with Gasteiger partial charge in [-0.2, -0.15) is 5.10 Å². The fourth-order valence-corrected chi connectivity index (χ4v) is 6.70. The molecule has 0 atom stereocenters. The lowest BCUT2D eigenvalue weighted by molar-refractivity contribution is 0.756. The molecule has 3 aromatic rings. The zero-order valence-electron chi connectivity index (χ0n) is 29.6. The monoisotopic (exact) mass is 679 g/mol. The molecule has 0 saturated heterocycles. The average molecular weight is 680 g/mol. The molecule has 4 rings (SSSR count). The maximum absolute atomic E-state index is 5.95. The molecule has 1 aliphatic carbocycles. The topological polar surface area (TPSA) is 66.3 Å². The van der Waals surface area contributed by atoms with Crippen molar-refractivity contribution in [2.45, 2.75) is 52.2 Å². The van der Waals surface area contributed by atoms with E-state index in [0.717, 1.165) is 82.4 Å². The van der Waals surface area contributed by atoms with Gasteiger partial charge < -0.3 is 10.7 Å². The van der Waals surface area contributed by atoms with E-state index in [1.54, 1.807) is 11.8 Å². The first-order valence-corrected chi connectivity index (χ1v) is 18.1. The number of aliphatic imine (C=N–C) groups is 2. The van der Waals surface area contributed by atoms with E-state index in [9.17, 15) is 0 Å². The van der Waals surface area contributed by atoms with Gasteiger partial charge in [0.05, 0.1) is 11.4 Å². The highest BCUT2D eigenvalue weighted by molar-refractivity contribution is 8.02. The summed E-state index contributed by atoms with van der Waals surface area (Å²) in [7, 11) is 0. The van der Waals surface area contributed by atoms with Crippen molar-refractivity contribution in [3.63, 3.8) is 0 Å². The molecule has 3 aromatic carbocycles. The maximum Gasteiger partial charge on any atom is 0.178 e. The fraction of sp³-hybridized carbons (Fsp3) is 0.205. The number of anilines is 1. The Bertz CT molecular complexity index is 1840. The lowest BCUT2D eigenvalue weighted by atomic mass is 10.00. The standard InChI is InChI=1S/C44H49N5S/c1-6-19-37(7-2)43(48-45)47-42(38-25-15-10-16-26-38)39-27-17-28-40(32-39)49(31-18-24-35-20-11-8-12-21-35)44(41(46-5)30-29-34(3)4)50-33-36-22-13-9-14-23-36/h6-11,13-17,19-20,22-23,25-30,32H,3,5,12,18,21,24,31,33,45H2,1-2,4H3/b19-6-,30-29-,37-7+,44-41-,47-42?,48-43-. The summed E-state index contributed by atoms with van der Waals surface area (Å²) in [6.07, 6.45) is 20.8. The summed E-state index contributed by atoms with van der Waals surface area (Å²) in [6, 6.07) is 29.3. The van der Waals surface area contributed by atoms with Crippen LogP contribution >= 0.6 is 11.8 Å². The van der Waals surface area contributed by atoms with E-state index in [0.29, 0.717) is 5.84 Å². The van der Waals surface area contributed by atoms with E-state index >= 15 is 0 Å². The van der Waals surface area contributed by atoms with Crippen LogP contribution in [0.15, 0.2) is 183 Å². The van der Waals surface area contributed by atoms with Crippen molar-refractivity contribution in [1.29, 1.82) is 0 Å². The number of nitrogens with zero attached hydrogens (tertiary/aromatic N) is 4. The third-order valence-corrected chi connectivity index (χ3v) is 9.27. The molecule has 0 saturated carbocycles. The van der Waals surface area contributed by atoms with Gasteiger partial charge in [-0.3, -0.25) is 4.99 Å². The molecular formula is C44H49N5S. The molecule has 256 valence electrons. The smallest absolute Gasteiger partial charge is 0.178 e. The summed E-state index contributed by atoms with van der Waals surface area (Å²) in [6.45, 7) is 14.8. The number of hydrogen-bond acceptors (Lipinski definition) is 5.